The van der Waals surface area contributed by atoms with E-state index in [1.165, 1.54) is 0 Å². The Hall–Kier alpha value is -1.81. The first kappa shape index (κ1) is 14.8. The van der Waals surface area contributed by atoms with E-state index < -0.39 is 18.1 Å². The van der Waals surface area contributed by atoms with Gasteiger partial charge >= 0.3 is 0 Å². The van der Waals surface area contributed by atoms with Gasteiger partial charge in [-0.05, 0) is 20.8 Å². The predicted octanol–water partition coefficient (Wildman–Crippen LogP) is 0.127. The van der Waals surface area contributed by atoms with E-state index in [1.807, 2.05) is 13.8 Å². The predicted molar refractivity (Wildman–Crippen MR) is 79.3 cm³/mol. The summed E-state index contributed by atoms with van der Waals surface area (Å²) in [5, 5.41) is 9.57. The number of nitrogen functional groups attached to an aromatic ring is 1. The van der Waals surface area contributed by atoms with Gasteiger partial charge in [-0.1, -0.05) is 0 Å². The van der Waals surface area contributed by atoms with Crippen molar-refractivity contribution in [1.82, 2.24) is 19.5 Å². The number of aromatic nitrogens is 4. The maximum absolute atomic E-state index is 9.57. The van der Waals surface area contributed by atoms with Crippen LogP contribution in [-0.2, 0) is 14.2 Å². The van der Waals surface area contributed by atoms with Crippen molar-refractivity contribution in [2.24, 2.45) is 0 Å². The van der Waals surface area contributed by atoms with Crippen LogP contribution in [0.5, 0.6) is 0 Å². The van der Waals surface area contributed by atoms with Gasteiger partial charge in [-0.2, -0.15) is 0 Å². The smallest absolute Gasteiger partial charge is 0.167 e. The Labute approximate surface area is 132 Å². The first-order valence-electron chi connectivity index (χ1n) is 7.48. The summed E-state index contributed by atoms with van der Waals surface area (Å²) in [5.41, 5.74) is 7.00. The van der Waals surface area contributed by atoms with Gasteiger partial charge in [-0.3, -0.25) is 4.57 Å². The van der Waals surface area contributed by atoms with Gasteiger partial charge in [0.15, 0.2) is 23.5 Å². The number of hydrogen-bond acceptors (Lipinski definition) is 8. The average molecular weight is 321 g/mol. The van der Waals surface area contributed by atoms with Crippen molar-refractivity contribution in [1.29, 1.82) is 0 Å². The first-order chi connectivity index (χ1) is 10.9. The molecule has 9 nitrogen and oxygen atoms in total. The average Bonchev–Trinajstić information content (AvgIpc) is 3.09. The number of nitrogens with zero attached hydrogens (tertiary/aromatic N) is 4. The molecule has 2 aliphatic rings. The highest BCUT2D eigenvalue weighted by Gasteiger charge is 2.55. The van der Waals surface area contributed by atoms with Crippen LogP contribution < -0.4 is 5.73 Å². The maximum atomic E-state index is 9.57. The molecule has 2 aromatic heterocycles. The highest BCUT2D eigenvalue weighted by Crippen LogP contribution is 2.43. The Morgan fingerprint density at radius 1 is 1.30 bits per heavy atom. The van der Waals surface area contributed by atoms with E-state index in [2.05, 4.69) is 15.0 Å². The van der Waals surface area contributed by atoms with E-state index in [0.717, 1.165) is 0 Å². The lowest BCUT2D eigenvalue weighted by Gasteiger charge is -2.24. The third kappa shape index (κ3) is 2.19. The Kier molecular flexibility index (Phi) is 3.11. The second-order valence-corrected chi connectivity index (χ2v) is 6.29. The summed E-state index contributed by atoms with van der Waals surface area (Å²) in [7, 11) is 0. The van der Waals surface area contributed by atoms with Crippen molar-refractivity contribution in [3.05, 3.63) is 12.2 Å². The van der Waals surface area contributed by atoms with Crippen LogP contribution in [0.1, 0.15) is 25.9 Å². The van der Waals surface area contributed by atoms with Gasteiger partial charge in [0, 0.05) is 0 Å². The number of aliphatic hydroxyl groups is 1. The second kappa shape index (κ2) is 4.84. The van der Waals surface area contributed by atoms with Crippen molar-refractivity contribution >= 4 is 17.0 Å². The van der Waals surface area contributed by atoms with Crippen LogP contribution in [-0.4, -0.2) is 55.3 Å². The van der Waals surface area contributed by atoms with Gasteiger partial charge in [0.25, 0.3) is 0 Å². The Balaban J connectivity index is 1.79. The van der Waals surface area contributed by atoms with Gasteiger partial charge in [-0.25, -0.2) is 15.0 Å². The highest BCUT2D eigenvalue weighted by atomic mass is 16.8. The minimum absolute atomic E-state index is 0.153. The molecule has 0 unspecified atom stereocenters. The van der Waals surface area contributed by atoms with Gasteiger partial charge in [-0.15, -0.1) is 0 Å². The van der Waals surface area contributed by atoms with Crippen LogP contribution in [0.3, 0.4) is 0 Å². The zero-order valence-electron chi connectivity index (χ0n) is 13.1. The van der Waals surface area contributed by atoms with Crippen LogP contribution in [0, 0.1) is 6.92 Å². The Morgan fingerprint density at radius 2 is 2.04 bits per heavy atom. The number of imidazole rings is 1. The summed E-state index contributed by atoms with van der Waals surface area (Å²) in [6.07, 6.45) is -0.0819. The molecule has 0 radical (unpaired) electrons. The van der Waals surface area contributed by atoms with Crippen LogP contribution in [0.4, 0.5) is 5.82 Å². The highest BCUT2D eigenvalue weighted by molar-refractivity contribution is 5.81. The molecule has 3 N–H and O–H groups in total. The topological polar surface area (TPSA) is 118 Å². The molecule has 2 aromatic rings. The molecule has 0 aliphatic carbocycles. The molecule has 0 bridgehead atoms. The van der Waals surface area contributed by atoms with Gasteiger partial charge in [0.2, 0.25) is 0 Å². The molecule has 2 fully saturated rings. The van der Waals surface area contributed by atoms with E-state index in [9.17, 15) is 5.11 Å². The SMILES string of the molecule is Cc1nc(N)c2ncn([C@@H]3O[C@H](CO)[C@H]4OC(C)(C)O[C@H]43)c2n1. The number of nitrogens with two attached hydrogens (primary N) is 1. The largest absolute Gasteiger partial charge is 0.394 e. The quantitative estimate of drug-likeness (QED) is 0.801. The first-order valence-corrected chi connectivity index (χ1v) is 7.48. The molecular weight excluding hydrogens is 302 g/mol. The van der Waals surface area contributed by atoms with E-state index in [4.69, 9.17) is 19.9 Å². The minimum atomic E-state index is -0.731. The van der Waals surface area contributed by atoms with Crippen molar-refractivity contribution in [2.45, 2.75) is 51.1 Å². The number of hydrogen-bond donors (Lipinski definition) is 2. The number of rotatable bonds is 2. The molecule has 2 saturated heterocycles. The van der Waals surface area contributed by atoms with Crippen LogP contribution in [0.2, 0.25) is 0 Å². The zero-order valence-corrected chi connectivity index (χ0v) is 13.1. The number of fused-ring (bicyclic) bond motifs is 2. The van der Waals surface area contributed by atoms with Crippen molar-refractivity contribution in [3.8, 4) is 0 Å². The van der Waals surface area contributed by atoms with Crippen LogP contribution in [0.25, 0.3) is 11.2 Å². The molecule has 9 heteroatoms. The molecule has 0 aromatic carbocycles. The monoisotopic (exact) mass is 321 g/mol. The molecule has 2 aliphatic heterocycles. The molecular formula is C14H19N5O4. The lowest BCUT2D eigenvalue weighted by atomic mass is 10.1. The third-order valence-electron chi connectivity index (χ3n) is 4.14. The van der Waals surface area contributed by atoms with Crippen molar-refractivity contribution in [3.63, 3.8) is 0 Å². The fourth-order valence-electron chi connectivity index (χ4n) is 3.27. The summed E-state index contributed by atoms with van der Waals surface area (Å²) >= 11 is 0. The molecule has 4 heterocycles. The third-order valence-corrected chi connectivity index (χ3v) is 4.14. The fraction of sp³-hybridized carbons (Fsp3) is 0.643. The summed E-state index contributed by atoms with van der Waals surface area (Å²) in [4.78, 5) is 12.8. The summed E-state index contributed by atoms with van der Waals surface area (Å²) in [6, 6.07) is 0. The second-order valence-electron chi connectivity index (χ2n) is 6.29. The van der Waals surface area contributed by atoms with Gasteiger partial charge in [0.05, 0.1) is 12.9 Å². The summed E-state index contributed by atoms with van der Waals surface area (Å²) < 4.78 is 19.5. The number of ether oxygens (including phenoxy) is 3. The molecule has 0 spiro atoms. The van der Waals surface area contributed by atoms with Crippen LogP contribution in [0.15, 0.2) is 6.33 Å². The summed E-state index contributed by atoms with van der Waals surface area (Å²) in [5.74, 6) is 0.141. The van der Waals surface area contributed by atoms with Gasteiger partial charge in [0.1, 0.15) is 29.7 Å². The maximum Gasteiger partial charge on any atom is 0.167 e. The zero-order chi connectivity index (χ0) is 16.4. The minimum Gasteiger partial charge on any atom is -0.394 e. The number of aliphatic hydroxyl groups excluding tert-OH is 1. The van der Waals surface area contributed by atoms with Crippen LogP contribution >= 0.6 is 0 Å². The Bertz CT molecular complexity index is 761. The molecule has 0 saturated carbocycles. The van der Waals surface area contributed by atoms with E-state index in [1.54, 1.807) is 17.8 Å². The van der Waals surface area contributed by atoms with E-state index >= 15 is 0 Å². The number of anilines is 1. The van der Waals surface area contributed by atoms with Crippen molar-refractivity contribution in [2.75, 3.05) is 12.3 Å². The fourth-order valence-corrected chi connectivity index (χ4v) is 3.27. The number of aryl methyl sites for hydroxylation is 1. The Morgan fingerprint density at radius 3 is 2.78 bits per heavy atom. The molecule has 4 rings (SSSR count). The van der Waals surface area contributed by atoms with Gasteiger partial charge < -0.3 is 25.1 Å². The lowest BCUT2D eigenvalue weighted by Crippen LogP contribution is -2.31. The molecule has 124 valence electrons. The van der Waals surface area contributed by atoms with E-state index in [-0.39, 0.29) is 18.8 Å². The molecule has 4 atom stereocenters. The molecule has 0 amide bonds. The lowest BCUT2D eigenvalue weighted by molar-refractivity contribution is -0.199. The summed E-state index contributed by atoms with van der Waals surface area (Å²) in [6.45, 7) is 5.29. The van der Waals surface area contributed by atoms with E-state index in [0.29, 0.717) is 22.8 Å². The molecule has 23 heavy (non-hydrogen) atoms. The normalized spacial score (nSPS) is 32.5. The van der Waals surface area contributed by atoms with Crippen molar-refractivity contribution < 1.29 is 19.3 Å². The standard InChI is InChI=1S/C14H19N5O4/c1-6-17-11(15)8-12(18-6)19(5-16-8)13-10-9(7(4-20)21-13)22-14(2,3)23-10/h5,7,9-10,13,20H,4H2,1-3H3,(H2,15,17,18)/t7-,9-,10-,13-/m1/s1.